The van der Waals surface area contributed by atoms with E-state index in [2.05, 4.69) is 31.2 Å². The van der Waals surface area contributed by atoms with Gasteiger partial charge < -0.3 is 31.0 Å². The molecule has 0 fully saturated rings. The van der Waals surface area contributed by atoms with Crippen molar-refractivity contribution in [1.29, 1.82) is 0 Å². The van der Waals surface area contributed by atoms with Crippen LogP contribution in [0.2, 0.25) is 5.02 Å². The van der Waals surface area contributed by atoms with Crippen LogP contribution in [-0.4, -0.2) is 54.0 Å². The third-order valence-electron chi connectivity index (χ3n) is 4.48. The molecule has 0 aliphatic heterocycles. The number of benzene rings is 2. The lowest BCUT2D eigenvalue weighted by molar-refractivity contribution is 0.0919. The Labute approximate surface area is 203 Å². The van der Waals surface area contributed by atoms with Gasteiger partial charge in [0.1, 0.15) is 18.1 Å². The average Bonchev–Trinajstić information content (AvgIpc) is 3.33. The molecule has 0 saturated carbocycles. The van der Waals surface area contributed by atoms with Crippen LogP contribution < -0.4 is 21.3 Å². The molecular weight excluding hydrogens is 483 g/mol. The van der Waals surface area contributed by atoms with E-state index in [1.807, 2.05) is 0 Å². The van der Waals surface area contributed by atoms with Crippen molar-refractivity contribution >= 4 is 46.8 Å². The van der Waals surface area contributed by atoms with Crippen LogP contribution in [0.25, 0.3) is 0 Å². The van der Waals surface area contributed by atoms with Gasteiger partial charge >= 0.3 is 6.09 Å². The zero-order valence-electron chi connectivity index (χ0n) is 18.3. The molecule has 1 aromatic heterocycles. The third-order valence-corrected chi connectivity index (χ3v) is 4.80. The first-order valence-electron chi connectivity index (χ1n) is 10.1. The van der Waals surface area contributed by atoms with Crippen molar-refractivity contribution in [1.82, 2.24) is 20.6 Å². The number of halogens is 2. The summed E-state index contributed by atoms with van der Waals surface area (Å²) in [6.45, 7) is -0.0278. The second-order valence-corrected chi connectivity index (χ2v) is 7.28. The van der Waals surface area contributed by atoms with Gasteiger partial charge in [-0.2, -0.15) is 0 Å². The molecule has 1 heterocycles. The maximum Gasteiger partial charge on any atom is 0.406 e. The normalized spacial score (nSPS) is 10.3. The quantitative estimate of drug-likeness (QED) is 0.298. The van der Waals surface area contributed by atoms with E-state index in [0.29, 0.717) is 11.4 Å². The highest BCUT2D eigenvalue weighted by Crippen LogP contribution is 2.20. The number of imidazole rings is 1. The maximum absolute atomic E-state index is 13.2. The minimum atomic E-state index is -0.645. The summed E-state index contributed by atoms with van der Waals surface area (Å²) in [5.41, 5.74) is 0.684. The zero-order chi connectivity index (χ0) is 25.4. The molecule has 182 valence electrons. The van der Waals surface area contributed by atoms with E-state index in [1.165, 1.54) is 43.7 Å². The molecule has 11 nitrogen and oxygen atoms in total. The first-order chi connectivity index (χ1) is 16.8. The van der Waals surface area contributed by atoms with Crippen LogP contribution in [0.5, 0.6) is 0 Å². The van der Waals surface area contributed by atoms with Gasteiger partial charge in [-0.1, -0.05) is 11.6 Å². The second kappa shape index (κ2) is 11.6. The van der Waals surface area contributed by atoms with Crippen LogP contribution in [0, 0.1) is 5.82 Å². The lowest BCUT2D eigenvalue weighted by atomic mass is 10.2. The minimum Gasteiger partial charge on any atom is -0.448 e. The molecule has 13 heteroatoms. The summed E-state index contributed by atoms with van der Waals surface area (Å²) < 4.78 is 17.9. The van der Waals surface area contributed by atoms with E-state index in [-0.39, 0.29) is 35.1 Å². The number of nitrogens with one attached hydrogen (secondary N) is 5. The van der Waals surface area contributed by atoms with Crippen molar-refractivity contribution in [2.75, 3.05) is 30.8 Å². The summed E-state index contributed by atoms with van der Waals surface area (Å²) in [7, 11) is 1.41. The molecule has 0 unspecified atom stereocenters. The van der Waals surface area contributed by atoms with Gasteiger partial charge in [0, 0.05) is 18.4 Å². The van der Waals surface area contributed by atoms with Crippen LogP contribution in [0.15, 0.2) is 48.8 Å². The molecule has 3 aromatic rings. The first-order valence-corrected chi connectivity index (χ1v) is 10.5. The van der Waals surface area contributed by atoms with Crippen molar-refractivity contribution in [2.24, 2.45) is 0 Å². The van der Waals surface area contributed by atoms with Crippen LogP contribution in [0.3, 0.4) is 0 Å². The molecule has 0 saturated heterocycles. The smallest absolute Gasteiger partial charge is 0.406 e. The molecular formula is C22H20ClFN6O5. The third kappa shape index (κ3) is 6.77. The van der Waals surface area contributed by atoms with Crippen molar-refractivity contribution in [3.63, 3.8) is 0 Å². The summed E-state index contributed by atoms with van der Waals surface area (Å²) in [6.07, 6.45) is 0.565. The van der Waals surface area contributed by atoms with Crippen molar-refractivity contribution in [3.8, 4) is 0 Å². The highest BCUT2D eigenvalue weighted by Gasteiger charge is 2.20. The lowest BCUT2D eigenvalue weighted by Crippen LogP contribution is -2.31. The van der Waals surface area contributed by atoms with E-state index in [1.54, 1.807) is 0 Å². The monoisotopic (exact) mass is 502 g/mol. The Kier molecular flexibility index (Phi) is 8.35. The van der Waals surface area contributed by atoms with Gasteiger partial charge in [-0.15, -0.1) is 0 Å². The number of alkyl carbamates (subject to hydrolysis) is 1. The molecule has 4 amide bonds. The van der Waals surface area contributed by atoms with E-state index in [4.69, 9.17) is 16.3 Å². The number of hydrogen-bond donors (Lipinski definition) is 5. The zero-order valence-corrected chi connectivity index (χ0v) is 19.0. The maximum atomic E-state index is 13.2. The molecule has 35 heavy (non-hydrogen) atoms. The summed E-state index contributed by atoms with van der Waals surface area (Å²) in [6, 6.07) is 9.57. The Hall–Kier alpha value is -4.45. The number of nitrogens with zero attached hydrogens (tertiary/aromatic N) is 1. The molecule has 0 bridgehead atoms. The van der Waals surface area contributed by atoms with Gasteiger partial charge in [0.2, 0.25) is 0 Å². The van der Waals surface area contributed by atoms with Crippen LogP contribution in [0.4, 0.5) is 20.6 Å². The fourth-order valence-corrected chi connectivity index (χ4v) is 3.06. The number of aromatic amines is 1. The molecule has 5 N–H and O–H groups in total. The Balaban J connectivity index is 1.57. The number of H-pyrrole nitrogens is 1. The Morgan fingerprint density at radius 2 is 1.66 bits per heavy atom. The summed E-state index contributed by atoms with van der Waals surface area (Å²) in [4.78, 5) is 54.8. The topological polar surface area (TPSA) is 154 Å². The van der Waals surface area contributed by atoms with E-state index >= 15 is 0 Å². The number of aromatic nitrogens is 2. The van der Waals surface area contributed by atoms with Gasteiger partial charge in [-0.3, -0.25) is 14.4 Å². The molecule has 0 aliphatic rings. The fraction of sp³-hybridized carbons (Fsp3) is 0.136. The molecule has 0 radical (unpaired) electrons. The summed E-state index contributed by atoms with van der Waals surface area (Å²) in [5, 5.41) is 9.97. The Morgan fingerprint density at radius 3 is 2.29 bits per heavy atom. The molecule has 0 atom stereocenters. The number of hydrogen-bond acceptors (Lipinski definition) is 6. The first kappa shape index (κ1) is 25.2. The Morgan fingerprint density at radius 1 is 1.00 bits per heavy atom. The van der Waals surface area contributed by atoms with Gasteiger partial charge in [-0.25, -0.2) is 14.2 Å². The lowest BCUT2D eigenvalue weighted by Gasteiger charge is -2.09. The highest BCUT2D eigenvalue weighted by molar-refractivity contribution is 6.34. The summed E-state index contributed by atoms with van der Waals surface area (Å²) in [5.74, 6) is -2.34. The number of amides is 4. The largest absolute Gasteiger partial charge is 0.448 e. The van der Waals surface area contributed by atoms with Crippen molar-refractivity contribution < 1.29 is 28.3 Å². The van der Waals surface area contributed by atoms with E-state index < -0.39 is 29.6 Å². The van der Waals surface area contributed by atoms with Crippen molar-refractivity contribution in [2.45, 2.75) is 0 Å². The molecule has 0 spiro atoms. The highest BCUT2D eigenvalue weighted by atomic mass is 35.5. The molecule has 2 aromatic carbocycles. The van der Waals surface area contributed by atoms with Crippen LogP contribution in [0.1, 0.15) is 31.3 Å². The second-order valence-electron chi connectivity index (χ2n) is 6.88. The number of carbonyl (C=O) groups excluding carboxylic acids is 4. The van der Waals surface area contributed by atoms with Gasteiger partial charge in [0.05, 0.1) is 23.5 Å². The number of anilines is 2. The summed E-state index contributed by atoms with van der Waals surface area (Å²) >= 11 is 5.90. The van der Waals surface area contributed by atoms with Crippen molar-refractivity contribution in [3.05, 3.63) is 76.6 Å². The molecule has 3 rings (SSSR count). The number of carbonyl (C=O) groups is 4. The van der Waals surface area contributed by atoms with Gasteiger partial charge in [0.15, 0.2) is 5.69 Å². The predicted octanol–water partition coefficient (Wildman–Crippen LogP) is 2.79. The van der Waals surface area contributed by atoms with Gasteiger partial charge in [-0.05, 0) is 42.5 Å². The SMILES string of the molecule is CNC(=O)OCCNC(=O)c1[nH]cnc1C(=O)Nc1ccc(NC(=O)c2ccc(F)cc2Cl)cc1. The molecule has 0 aliphatic carbocycles. The van der Waals surface area contributed by atoms with Crippen LogP contribution >= 0.6 is 11.6 Å². The van der Waals surface area contributed by atoms with E-state index in [9.17, 15) is 23.6 Å². The number of ether oxygens (including phenoxy) is 1. The van der Waals surface area contributed by atoms with Gasteiger partial charge in [0.25, 0.3) is 17.7 Å². The fourth-order valence-electron chi connectivity index (χ4n) is 2.81. The minimum absolute atomic E-state index is 0.0239. The van der Waals surface area contributed by atoms with Crippen LogP contribution in [-0.2, 0) is 4.74 Å². The van der Waals surface area contributed by atoms with E-state index in [0.717, 1.165) is 12.1 Å². The average molecular weight is 503 g/mol. The number of rotatable bonds is 8. The standard InChI is InChI=1S/C22H20ClFN6O5/c1-25-22(34)35-9-8-26-20(32)17-18(28-11-27-17)21(33)30-14-5-3-13(4-6-14)29-19(31)15-7-2-12(24)10-16(15)23/h2-7,10-11H,8-9H2,1H3,(H,25,34)(H,26,32)(H,27,28)(H,29,31)(H,30,33). The Bertz CT molecular complexity index is 1250. The predicted molar refractivity (Wildman–Crippen MR) is 125 cm³/mol.